The molecule has 0 spiro atoms. The number of aromatic nitrogens is 2. The Kier molecular flexibility index (Phi) is 2.91. The van der Waals surface area contributed by atoms with Crippen LogP contribution in [0.2, 0.25) is 0 Å². The number of nitrogens with one attached hydrogen (secondary N) is 2. The largest absolute Gasteiger partial charge is 0.391 e. The highest BCUT2D eigenvalue weighted by atomic mass is 32.1. The molecule has 0 radical (unpaired) electrons. The van der Waals surface area contributed by atoms with E-state index >= 15 is 0 Å². The lowest BCUT2D eigenvalue weighted by Crippen LogP contribution is -2.54. The molecule has 1 amide bonds. The van der Waals surface area contributed by atoms with Gasteiger partial charge in [0.15, 0.2) is 0 Å². The molecule has 1 aliphatic rings. The van der Waals surface area contributed by atoms with Crippen LogP contribution in [0.5, 0.6) is 0 Å². The number of H-pyrrole nitrogens is 1. The molecule has 4 N–H and O–H groups in total. The zero-order chi connectivity index (χ0) is 11.6. The van der Waals surface area contributed by atoms with Gasteiger partial charge in [0, 0.05) is 6.20 Å². The molecule has 0 saturated heterocycles. The SMILES string of the molecule is NC(=S)C1(NC(=O)c2ccn[nH]2)CCCC1. The molecule has 2 rings (SSSR count). The van der Waals surface area contributed by atoms with E-state index in [2.05, 4.69) is 15.5 Å². The Morgan fingerprint density at radius 3 is 2.75 bits per heavy atom. The van der Waals surface area contributed by atoms with Crippen LogP contribution >= 0.6 is 12.2 Å². The van der Waals surface area contributed by atoms with Crippen molar-refractivity contribution in [3.8, 4) is 0 Å². The molecule has 5 nitrogen and oxygen atoms in total. The van der Waals surface area contributed by atoms with Gasteiger partial charge in [-0.3, -0.25) is 9.89 Å². The lowest BCUT2D eigenvalue weighted by molar-refractivity contribution is 0.0919. The standard InChI is InChI=1S/C10H14N4OS/c11-9(16)10(4-1-2-5-10)13-8(15)7-3-6-12-14-7/h3,6H,1-2,4-5H2,(H2,11,16)(H,12,14)(H,13,15). The number of carbonyl (C=O) groups is 1. The van der Waals surface area contributed by atoms with E-state index in [1.165, 1.54) is 6.20 Å². The molecule has 86 valence electrons. The van der Waals surface area contributed by atoms with Crippen LogP contribution in [-0.4, -0.2) is 26.6 Å². The summed E-state index contributed by atoms with van der Waals surface area (Å²) in [5.41, 5.74) is 5.66. The van der Waals surface area contributed by atoms with Crippen LogP contribution in [0.3, 0.4) is 0 Å². The van der Waals surface area contributed by atoms with Crippen LogP contribution < -0.4 is 11.1 Å². The van der Waals surface area contributed by atoms with Crippen LogP contribution in [0.1, 0.15) is 36.2 Å². The van der Waals surface area contributed by atoms with Gasteiger partial charge in [-0.2, -0.15) is 5.10 Å². The molecule has 0 unspecified atom stereocenters. The number of hydrogen-bond acceptors (Lipinski definition) is 3. The van der Waals surface area contributed by atoms with Crippen LogP contribution in [0, 0.1) is 0 Å². The number of amides is 1. The zero-order valence-electron chi connectivity index (χ0n) is 8.82. The minimum atomic E-state index is -0.502. The van der Waals surface area contributed by atoms with Crippen molar-refractivity contribution in [2.24, 2.45) is 5.73 Å². The maximum absolute atomic E-state index is 11.9. The molecule has 1 aromatic rings. The van der Waals surface area contributed by atoms with Gasteiger partial charge in [0.05, 0.1) is 10.5 Å². The van der Waals surface area contributed by atoms with Crippen molar-refractivity contribution in [1.29, 1.82) is 0 Å². The third-order valence-corrected chi connectivity index (χ3v) is 3.42. The Morgan fingerprint density at radius 2 is 2.25 bits per heavy atom. The summed E-state index contributed by atoms with van der Waals surface area (Å²) in [6.07, 6.45) is 5.27. The van der Waals surface area contributed by atoms with E-state index in [9.17, 15) is 4.79 Å². The predicted molar refractivity (Wildman–Crippen MR) is 64.0 cm³/mol. The molecule has 1 aromatic heterocycles. The van der Waals surface area contributed by atoms with Gasteiger partial charge in [-0.15, -0.1) is 0 Å². The monoisotopic (exact) mass is 238 g/mol. The second kappa shape index (κ2) is 4.21. The van der Waals surface area contributed by atoms with Crippen molar-refractivity contribution in [2.45, 2.75) is 31.2 Å². The first-order valence-electron chi connectivity index (χ1n) is 5.26. The Morgan fingerprint density at radius 1 is 1.56 bits per heavy atom. The Balaban J connectivity index is 2.13. The molecule has 1 fully saturated rings. The Hall–Kier alpha value is -1.43. The van der Waals surface area contributed by atoms with Gasteiger partial charge in [-0.05, 0) is 18.9 Å². The van der Waals surface area contributed by atoms with Crippen LogP contribution in [-0.2, 0) is 0 Å². The van der Waals surface area contributed by atoms with E-state index in [-0.39, 0.29) is 5.91 Å². The van der Waals surface area contributed by atoms with E-state index < -0.39 is 5.54 Å². The van der Waals surface area contributed by atoms with Crippen LogP contribution in [0.4, 0.5) is 0 Å². The molecule has 0 bridgehead atoms. The molecule has 6 heteroatoms. The molecular weight excluding hydrogens is 224 g/mol. The Bertz CT molecular complexity index is 395. The maximum Gasteiger partial charge on any atom is 0.270 e. The summed E-state index contributed by atoms with van der Waals surface area (Å²) in [5, 5.41) is 9.27. The summed E-state index contributed by atoms with van der Waals surface area (Å²) in [6.45, 7) is 0. The van der Waals surface area contributed by atoms with Crippen molar-refractivity contribution in [2.75, 3.05) is 0 Å². The first-order chi connectivity index (χ1) is 7.64. The first-order valence-corrected chi connectivity index (χ1v) is 5.67. The average Bonchev–Trinajstić information content (AvgIpc) is 2.88. The number of nitrogens with zero attached hydrogens (tertiary/aromatic N) is 1. The fourth-order valence-corrected chi connectivity index (χ4v) is 2.33. The number of thiocarbonyl (C=S) groups is 1. The summed E-state index contributed by atoms with van der Waals surface area (Å²) in [6, 6.07) is 1.62. The van der Waals surface area contributed by atoms with Crippen molar-refractivity contribution < 1.29 is 4.79 Å². The zero-order valence-corrected chi connectivity index (χ0v) is 9.64. The third-order valence-electron chi connectivity index (χ3n) is 3.03. The number of nitrogens with two attached hydrogens (primary N) is 1. The highest BCUT2D eigenvalue weighted by molar-refractivity contribution is 7.80. The predicted octanol–water partition coefficient (Wildman–Crippen LogP) is 0.738. The van der Waals surface area contributed by atoms with Gasteiger partial charge < -0.3 is 11.1 Å². The fraction of sp³-hybridized carbons (Fsp3) is 0.500. The van der Waals surface area contributed by atoms with E-state index in [1.54, 1.807) is 6.07 Å². The van der Waals surface area contributed by atoms with Gasteiger partial charge in [0.2, 0.25) is 0 Å². The van der Waals surface area contributed by atoms with E-state index in [1.807, 2.05) is 0 Å². The van der Waals surface area contributed by atoms with Gasteiger partial charge in [-0.25, -0.2) is 0 Å². The molecule has 0 atom stereocenters. The number of rotatable bonds is 3. The van der Waals surface area contributed by atoms with E-state index in [0.29, 0.717) is 10.7 Å². The Labute approximate surface area is 98.8 Å². The van der Waals surface area contributed by atoms with Crippen molar-refractivity contribution in [3.63, 3.8) is 0 Å². The maximum atomic E-state index is 11.9. The lowest BCUT2D eigenvalue weighted by Gasteiger charge is -2.28. The molecule has 0 aliphatic heterocycles. The fourth-order valence-electron chi connectivity index (χ4n) is 2.08. The molecule has 0 aromatic carbocycles. The highest BCUT2D eigenvalue weighted by Crippen LogP contribution is 2.30. The second-order valence-corrected chi connectivity index (χ2v) is 4.52. The number of hydrogen-bond donors (Lipinski definition) is 3. The minimum absolute atomic E-state index is 0.202. The smallest absolute Gasteiger partial charge is 0.270 e. The lowest BCUT2D eigenvalue weighted by atomic mass is 9.97. The van der Waals surface area contributed by atoms with Crippen molar-refractivity contribution in [1.82, 2.24) is 15.5 Å². The van der Waals surface area contributed by atoms with Crippen LogP contribution in [0.25, 0.3) is 0 Å². The van der Waals surface area contributed by atoms with Crippen LogP contribution in [0.15, 0.2) is 12.3 Å². The normalized spacial score (nSPS) is 18.2. The van der Waals surface area contributed by atoms with E-state index in [0.717, 1.165) is 25.7 Å². The van der Waals surface area contributed by atoms with Gasteiger partial charge in [-0.1, -0.05) is 25.1 Å². The minimum Gasteiger partial charge on any atom is -0.391 e. The summed E-state index contributed by atoms with van der Waals surface area (Å²) < 4.78 is 0. The average molecular weight is 238 g/mol. The first kappa shape index (κ1) is 11.1. The highest BCUT2D eigenvalue weighted by Gasteiger charge is 2.38. The summed E-state index contributed by atoms with van der Waals surface area (Å²) >= 11 is 5.05. The van der Waals surface area contributed by atoms with Gasteiger partial charge in [0.25, 0.3) is 5.91 Å². The van der Waals surface area contributed by atoms with Gasteiger partial charge in [0.1, 0.15) is 5.69 Å². The molecule has 16 heavy (non-hydrogen) atoms. The topological polar surface area (TPSA) is 83.8 Å². The molecule has 1 saturated carbocycles. The van der Waals surface area contributed by atoms with Gasteiger partial charge >= 0.3 is 0 Å². The quantitative estimate of drug-likeness (QED) is 0.678. The summed E-state index contributed by atoms with van der Waals surface area (Å²) in [4.78, 5) is 12.2. The number of carbonyl (C=O) groups excluding carboxylic acids is 1. The molecule has 1 aliphatic carbocycles. The number of aromatic amines is 1. The molecular formula is C10H14N4OS. The van der Waals surface area contributed by atoms with E-state index in [4.69, 9.17) is 18.0 Å². The van der Waals surface area contributed by atoms with Crippen molar-refractivity contribution in [3.05, 3.63) is 18.0 Å². The summed E-state index contributed by atoms with van der Waals surface area (Å²) in [5.74, 6) is -0.202. The second-order valence-electron chi connectivity index (χ2n) is 4.08. The molecule has 1 heterocycles. The third kappa shape index (κ3) is 1.92. The summed E-state index contributed by atoms with van der Waals surface area (Å²) in [7, 11) is 0. The van der Waals surface area contributed by atoms with Crippen molar-refractivity contribution >= 4 is 23.1 Å².